The maximum absolute atomic E-state index is 11.7. The number of hydrogen-bond donors (Lipinski definition) is 2. The Morgan fingerprint density at radius 2 is 2.24 bits per heavy atom. The highest BCUT2D eigenvalue weighted by Gasteiger charge is 2.34. The van der Waals surface area contributed by atoms with Crippen LogP contribution in [0.25, 0.3) is 0 Å². The highest BCUT2D eigenvalue weighted by molar-refractivity contribution is 7.99. The quantitative estimate of drug-likeness (QED) is 0.807. The molecule has 98 valence electrons. The molecule has 1 aliphatic heterocycles. The van der Waals surface area contributed by atoms with Crippen molar-refractivity contribution < 1.29 is 9.53 Å². The molecule has 2 N–H and O–H groups in total. The smallest absolute Gasteiger partial charge is 0.315 e. The van der Waals surface area contributed by atoms with E-state index in [9.17, 15) is 4.79 Å². The second-order valence-corrected chi connectivity index (χ2v) is 6.10. The van der Waals surface area contributed by atoms with Crippen molar-refractivity contribution in [2.24, 2.45) is 0 Å². The van der Waals surface area contributed by atoms with E-state index in [1.165, 1.54) is 12.8 Å². The van der Waals surface area contributed by atoms with Gasteiger partial charge in [-0.25, -0.2) is 4.79 Å². The van der Waals surface area contributed by atoms with Crippen LogP contribution in [0, 0.1) is 0 Å². The molecule has 5 heteroatoms. The molecule has 4 nitrogen and oxygen atoms in total. The van der Waals surface area contributed by atoms with Crippen LogP contribution in [-0.4, -0.2) is 42.8 Å². The zero-order valence-electron chi connectivity index (χ0n) is 10.5. The number of carbonyl (C=O) groups excluding carboxylic acids is 1. The Balaban J connectivity index is 1.71. The molecular formula is C12H22N2O2S. The van der Waals surface area contributed by atoms with Gasteiger partial charge in [-0.05, 0) is 25.0 Å². The normalized spacial score (nSPS) is 29.5. The number of ether oxygens (including phenoxy) is 1. The number of hydrogen-bond acceptors (Lipinski definition) is 3. The molecule has 0 aromatic rings. The van der Waals surface area contributed by atoms with Crippen molar-refractivity contribution in [1.82, 2.24) is 10.6 Å². The van der Waals surface area contributed by atoms with Crippen LogP contribution in [0.5, 0.6) is 0 Å². The summed E-state index contributed by atoms with van der Waals surface area (Å²) in [4.78, 5) is 11.7. The number of rotatable bonds is 4. The van der Waals surface area contributed by atoms with Gasteiger partial charge in [-0.1, -0.05) is 12.8 Å². The molecule has 2 fully saturated rings. The topological polar surface area (TPSA) is 50.4 Å². The van der Waals surface area contributed by atoms with Gasteiger partial charge in [0.05, 0.1) is 5.60 Å². The summed E-state index contributed by atoms with van der Waals surface area (Å²) >= 11 is 1.89. The van der Waals surface area contributed by atoms with E-state index in [0.717, 1.165) is 30.8 Å². The zero-order valence-corrected chi connectivity index (χ0v) is 11.3. The first kappa shape index (κ1) is 13.0. The van der Waals surface area contributed by atoms with Gasteiger partial charge >= 0.3 is 6.03 Å². The minimum atomic E-state index is -0.141. The summed E-state index contributed by atoms with van der Waals surface area (Å²) in [5, 5.41) is 5.99. The minimum absolute atomic E-state index is 0.0368. The summed E-state index contributed by atoms with van der Waals surface area (Å²) in [6, 6.07) is 0.344. The monoisotopic (exact) mass is 258 g/mol. The van der Waals surface area contributed by atoms with Crippen molar-refractivity contribution in [1.29, 1.82) is 0 Å². The highest BCUT2D eigenvalue weighted by Crippen LogP contribution is 2.30. The Bertz CT molecular complexity index is 261. The second-order valence-electron chi connectivity index (χ2n) is 5.00. The lowest BCUT2D eigenvalue weighted by Crippen LogP contribution is -2.49. The van der Waals surface area contributed by atoms with E-state index in [1.807, 2.05) is 11.8 Å². The summed E-state index contributed by atoms with van der Waals surface area (Å²) < 4.78 is 5.56. The van der Waals surface area contributed by atoms with Gasteiger partial charge in [-0.15, -0.1) is 0 Å². The van der Waals surface area contributed by atoms with Crippen LogP contribution in [-0.2, 0) is 4.74 Å². The first-order valence-corrected chi connectivity index (χ1v) is 7.57. The van der Waals surface area contributed by atoms with Gasteiger partial charge in [0, 0.05) is 25.4 Å². The predicted molar refractivity (Wildman–Crippen MR) is 70.5 cm³/mol. The Morgan fingerprint density at radius 3 is 2.82 bits per heavy atom. The van der Waals surface area contributed by atoms with Gasteiger partial charge in [0.2, 0.25) is 0 Å². The first-order chi connectivity index (χ1) is 8.24. The lowest BCUT2D eigenvalue weighted by Gasteiger charge is -2.27. The van der Waals surface area contributed by atoms with Gasteiger partial charge < -0.3 is 15.4 Å². The number of methoxy groups -OCH3 is 1. The summed E-state index contributed by atoms with van der Waals surface area (Å²) in [5.41, 5.74) is -0.141. The molecule has 1 saturated heterocycles. The van der Waals surface area contributed by atoms with Gasteiger partial charge in [0.25, 0.3) is 0 Å². The molecule has 0 spiro atoms. The zero-order chi connectivity index (χ0) is 12.1. The molecule has 0 bridgehead atoms. The molecular weight excluding hydrogens is 236 g/mol. The highest BCUT2D eigenvalue weighted by atomic mass is 32.2. The average Bonchev–Trinajstić information content (AvgIpc) is 2.98. The molecule has 0 unspecified atom stereocenters. The molecule has 0 radical (unpaired) electrons. The van der Waals surface area contributed by atoms with E-state index >= 15 is 0 Å². The SMILES string of the molecule is CO[C@@]1(CNC(=O)NC2CCCC2)CCSC1. The largest absolute Gasteiger partial charge is 0.376 e. The molecule has 0 aromatic heterocycles. The summed E-state index contributed by atoms with van der Waals surface area (Å²) in [6.45, 7) is 0.620. The molecule has 1 saturated carbocycles. The third kappa shape index (κ3) is 3.52. The van der Waals surface area contributed by atoms with E-state index in [0.29, 0.717) is 12.6 Å². The standard InChI is InChI=1S/C12H22N2O2S/c1-16-12(6-7-17-9-12)8-13-11(15)14-10-4-2-3-5-10/h10H,2-9H2,1H3,(H2,13,14,15)/t12-/m1/s1. The third-order valence-electron chi connectivity index (χ3n) is 3.76. The first-order valence-electron chi connectivity index (χ1n) is 6.41. The van der Waals surface area contributed by atoms with Crippen molar-refractivity contribution in [3.63, 3.8) is 0 Å². The summed E-state index contributed by atoms with van der Waals surface area (Å²) in [7, 11) is 1.74. The number of urea groups is 1. The fraction of sp³-hybridized carbons (Fsp3) is 0.917. The number of nitrogens with one attached hydrogen (secondary N) is 2. The molecule has 1 aliphatic carbocycles. The Labute approximate surface area is 107 Å². The third-order valence-corrected chi connectivity index (χ3v) is 4.98. The van der Waals surface area contributed by atoms with Crippen molar-refractivity contribution in [2.45, 2.75) is 43.7 Å². The Hall–Kier alpha value is -0.420. The molecule has 2 aliphatic rings. The van der Waals surface area contributed by atoms with Crippen molar-refractivity contribution in [2.75, 3.05) is 25.2 Å². The average molecular weight is 258 g/mol. The fourth-order valence-corrected chi connectivity index (χ4v) is 3.91. The number of amides is 2. The van der Waals surface area contributed by atoms with Crippen LogP contribution >= 0.6 is 11.8 Å². The van der Waals surface area contributed by atoms with Crippen LogP contribution in [0.15, 0.2) is 0 Å². The van der Waals surface area contributed by atoms with E-state index in [2.05, 4.69) is 10.6 Å². The van der Waals surface area contributed by atoms with Crippen LogP contribution in [0.3, 0.4) is 0 Å². The van der Waals surface area contributed by atoms with Crippen LogP contribution in [0.2, 0.25) is 0 Å². The maximum atomic E-state index is 11.7. The van der Waals surface area contributed by atoms with Crippen LogP contribution < -0.4 is 10.6 Å². The lowest BCUT2D eigenvalue weighted by atomic mass is 10.0. The predicted octanol–water partition coefficient (Wildman–Crippen LogP) is 1.75. The van der Waals surface area contributed by atoms with Crippen molar-refractivity contribution >= 4 is 17.8 Å². The van der Waals surface area contributed by atoms with E-state index < -0.39 is 0 Å². The number of thioether (sulfide) groups is 1. The molecule has 1 heterocycles. The summed E-state index contributed by atoms with van der Waals surface area (Å²) in [6.07, 6.45) is 5.75. The van der Waals surface area contributed by atoms with Crippen LogP contribution in [0.1, 0.15) is 32.1 Å². The van der Waals surface area contributed by atoms with Crippen molar-refractivity contribution in [3.05, 3.63) is 0 Å². The fourth-order valence-electron chi connectivity index (χ4n) is 2.51. The van der Waals surface area contributed by atoms with Gasteiger partial charge in [0.15, 0.2) is 0 Å². The second kappa shape index (κ2) is 5.96. The van der Waals surface area contributed by atoms with E-state index in [4.69, 9.17) is 4.74 Å². The van der Waals surface area contributed by atoms with Gasteiger partial charge in [-0.2, -0.15) is 11.8 Å². The van der Waals surface area contributed by atoms with E-state index in [-0.39, 0.29) is 11.6 Å². The van der Waals surface area contributed by atoms with Gasteiger partial charge in [0.1, 0.15) is 0 Å². The maximum Gasteiger partial charge on any atom is 0.315 e. The summed E-state index contributed by atoms with van der Waals surface area (Å²) in [5.74, 6) is 2.10. The van der Waals surface area contributed by atoms with E-state index in [1.54, 1.807) is 7.11 Å². The minimum Gasteiger partial charge on any atom is -0.376 e. The van der Waals surface area contributed by atoms with Crippen LogP contribution in [0.4, 0.5) is 4.79 Å². The van der Waals surface area contributed by atoms with Gasteiger partial charge in [-0.3, -0.25) is 0 Å². The Kier molecular flexibility index (Phi) is 4.56. The lowest BCUT2D eigenvalue weighted by molar-refractivity contribution is 0.0157. The molecule has 17 heavy (non-hydrogen) atoms. The number of carbonyl (C=O) groups is 1. The molecule has 2 amide bonds. The Morgan fingerprint density at radius 1 is 1.47 bits per heavy atom. The van der Waals surface area contributed by atoms with Crippen molar-refractivity contribution in [3.8, 4) is 0 Å². The molecule has 1 atom stereocenters. The molecule has 0 aromatic carbocycles. The molecule has 2 rings (SSSR count).